The Labute approximate surface area is 132 Å². The van der Waals surface area contributed by atoms with E-state index in [1.54, 1.807) is 12.1 Å². The molecule has 2 rings (SSSR count). The van der Waals surface area contributed by atoms with E-state index >= 15 is 0 Å². The highest BCUT2D eigenvalue weighted by molar-refractivity contribution is 6.30. The van der Waals surface area contributed by atoms with Gasteiger partial charge in [-0.25, -0.2) is 8.78 Å². The molecule has 6 heteroatoms. The number of halogens is 3. The van der Waals surface area contributed by atoms with Crippen LogP contribution in [0.25, 0.3) is 0 Å². The molecule has 0 heterocycles. The minimum absolute atomic E-state index is 0.0825. The van der Waals surface area contributed by atoms with Gasteiger partial charge in [0.1, 0.15) is 11.6 Å². The molecule has 1 unspecified atom stereocenters. The highest BCUT2D eigenvalue weighted by Gasteiger charge is 2.09. The number of rotatable bonds is 5. The highest BCUT2D eigenvalue weighted by Crippen LogP contribution is 2.16. The molecule has 0 spiro atoms. The first-order valence-corrected chi connectivity index (χ1v) is 7.06. The number of benzene rings is 2. The van der Waals surface area contributed by atoms with Gasteiger partial charge in [0, 0.05) is 16.8 Å². The summed E-state index contributed by atoms with van der Waals surface area (Å²) in [5.41, 5.74) is 1.13. The second kappa shape index (κ2) is 7.22. The van der Waals surface area contributed by atoms with Crippen molar-refractivity contribution in [3.63, 3.8) is 0 Å². The molecule has 0 radical (unpaired) electrons. The summed E-state index contributed by atoms with van der Waals surface area (Å²) in [5, 5.41) is 6.08. The first-order chi connectivity index (χ1) is 10.4. The lowest BCUT2D eigenvalue weighted by Crippen LogP contribution is -2.32. The number of hydrogen-bond acceptors (Lipinski definition) is 2. The topological polar surface area (TPSA) is 41.1 Å². The molecule has 0 saturated heterocycles. The van der Waals surface area contributed by atoms with Gasteiger partial charge in [-0.05, 0) is 36.8 Å². The predicted octanol–water partition coefficient (Wildman–Crippen LogP) is 3.91. The fourth-order valence-electron chi connectivity index (χ4n) is 1.97. The van der Waals surface area contributed by atoms with E-state index in [2.05, 4.69) is 10.6 Å². The SMILES string of the molecule is CC(NC(=O)CNc1cc(F)cc(F)c1)c1ccc(Cl)cc1. The monoisotopic (exact) mass is 324 g/mol. The molecule has 0 aromatic heterocycles. The molecule has 116 valence electrons. The summed E-state index contributed by atoms with van der Waals surface area (Å²) in [5.74, 6) is -1.68. The Bertz CT molecular complexity index is 641. The van der Waals surface area contributed by atoms with Gasteiger partial charge >= 0.3 is 0 Å². The Morgan fingerprint density at radius 1 is 1.14 bits per heavy atom. The van der Waals surface area contributed by atoms with E-state index in [4.69, 9.17) is 11.6 Å². The number of anilines is 1. The third-order valence-electron chi connectivity index (χ3n) is 3.06. The van der Waals surface area contributed by atoms with Gasteiger partial charge in [0.25, 0.3) is 0 Å². The fourth-order valence-corrected chi connectivity index (χ4v) is 2.09. The second-order valence-corrected chi connectivity index (χ2v) is 5.29. The van der Waals surface area contributed by atoms with Crippen molar-refractivity contribution in [2.75, 3.05) is 11.9 Å². The second-order valence-electron chi connectivity index (χ2n) is 4.85. The lowest BCUT2D eigenvalue weighted by molar-refractivity contribution is -0.120. The molecule has 0 aliphatic rings. The number of hydrogen-bond donors (Lipinski definition) is 2. The molecule has 2 N–H and O–H groups in total. The van der Waals surface area contributed by atoms with Crippen molar-refractivity contribution in [2.45, 2.75) is 13.0 Å². The maximum absolute atomic E-state index is 13.0. The average Bonchev–Trinajstić information content (AvgIpc) is 2.45. The van der Waals surface area contributed by atoms with Crippen molar-refractivity contribution in [3.8, 4) is 0 Å². The Kier molecular flexibility index (Phi) is 5.33. The Balaban J connectivity index is 1.88. The standard InChI is InChI=1S/C16H15ClF2N2O/c1-10(11-2-4-12(17)5-3-11)21-16(22)9-20-15-7-13(18)6-14(19)8-15/h2-8,10,20H,9H2,1H3,(H,21,22). The van der Waals surface area contributed by atoms with E-state index in [9.17, 15) is 13.6 Å². The molecule has 0 aliphatic carbocycles. The van der Waals surface area contributed by atoms with Crippen LogP contribution in [0.2, 0.25) is 5.02 Å². The maximum Gasteiger partial charge on any atom is 0.239 e. The van der Waals surface area contributed by atoms with E-state index in [1.165, 1.54) is 0 Å². The third kappa shape index (κ3) is 4.70. The maximum atomic E-state index is 13.0. The number of amides is 1. The molecule has 0 fully saturated rings. The average molecular weight is 325 g/mol. The zero-order chi connectivity index (χ0) is 16.1. The Morgan fingerprint density at radius 3 is 2.32 bits per heavy atom. The summed E-state index contributed by atoms with van der Waals surface area (Å²) in [6.45, 7) is 1.75. The largest absolute Gasteiger partial charge is 0.376 e. The third-order valence-corrected chi connectivity index (χ3v) is 3.32. The van der Waals surface area contributed by atoms with Gasteiger partial charge in [0.05, 0.1) is 12.6 Å². The van der Waals surface area contributed by atoms with E-state index < -0.39 is 11.6 Å². The van der Waals surface area contributed by atoms with Crippen LogP contribution in [0, 0.1) is 11.6 Å². The van der Waals surface area contributed by atoms with Crippen molar-refractivity contribution >= 4 is 23.2 Å². The normalized spacial score (nSPS) is 11.8. The number of nitrogens with one attached hydrogen (secondary N) is 2. The zero-order valence-electron chi connectivity index (χ0n) is 11.9. The summed E-state index contributed by atoms with van der Waals surface area (Å²) >= 11 is 5.81. The van der Waals surface area contributed by atoms with E-state index in [0.29, 0.717) is 5.02 Å². The van der Waals surface area contributed by atoms with Gasteiger partial charge in [0.15, 0.2) is 0 Å². The molecular weight excluding hydrogens is 310 g/mol. The molecule has 1 atom stereocenters. The summed E-state index contributed by atoms with van der Waals surface area (Å²) in [7, 11) is 0. The van der Waals surface area contributed by atoms with Gasteiger partial charge < -0.3 is 10.6 Å². The van der Waals surface area contributed by atoms with Gasteiger partial charge in [-0.15, -0.1) is 0 Å². The lowest BCUT2D eigenvalue weighted by Gasteiger charge is -2.15. The minimum atomic E-state index is -0.697. The number of carbonyl (C=O) groups excluding carboxylic acids is 1. The molecule has 2 aromatic rings. The predicted molar refractivity (Wildman–Crippen MR) is 82.9 cm³/mol. The first kappa shape index (κ1) is 16.2. The van der Waals surface area contributed by atoms with Gasteiger partial charge in [-0.2, -0.15) is 0 Å². The number of carbonyl (C=O) groups is 1. The zero-order valence-corrected chi connectivity index (χ0v) is 12.6. The summed E-state index contributed by atoms with van der Waals surface area (Å²) in [6.07, 6.45) is 0. The lowest BCUT2D eigenvalue weighted by atomic mass is 10.1. The van der Waals surface area contributed by atoms with Crippen molar-refractivity contribution < 1.29 is 13.6 Å². The van der Waals surface area contributed by atoms with Crippen LogP contribution in [0.1, 0.15) is 18.5 Å². The van der Waals surface area contributed by atoms with Gasteiger partial charge in [0.2, 0.25) is 5.91 Å². The summed E-state index contributed by atoms with van der Waals surface area (Å²) < 4.78 is 26.1. The highest BCUT2D eigenvalue weighted by atomic mass is 35.5. The molecule has 0 bridgehead atoms. The Hall–Kier alpha value is -2.14. The summed E-state index contributed by atoms with van der Waals surface area (Å²) in [6, 6.07) is 9.95. The van der Waals surface area contributed by atoms with Crippen LogP contribution in [0.4, 0.5) is 14.5 Å². The molecule has 2 aromatic carbocycles. The van der Waals surface area contributed by atoms with Crippen molar-refractivity contribution in [1.82, 2.24) is 5.32 Å². The van der Waals surface area contributed by atoms with Crippen molar-refractivity contribution in [1.29, 1.82) is 0 Å². The minimum Gasteiger partial charge on any atom is -0.376 e. The van der Waals surface area contributed by atoms with E-state index in [0.717, 1.165) is 23.8 Å². The van der Waals surface area contributed by atoms with E-state index in [-0.39, 0.29) is 24.2 Å². The van der Waals surface area contributed by atoms with Crippen LogP contribution in [-0.4, -0.2) is 12.5 Å². The van der Waals surface area contributed by atoms with Crippen molar-refractivity contribution in [2.24, 2.45) is 0 Å². The van der Waals surface area contributed by atoms with Crippen molar-refractivity contribution in [3.05, 3.63) is 64.7 Å². The first-order valence-electron chi connectivity index (χ1n) is 6.69. The van der Waals surface area contributed by atoms with Crippen LogP contribution < -0.4 is 10.6 Å². The quantitative estimate of drug-likeness (QED) is 0.875. The van der Waals surface area contributed by atoms with Gasteiger partial charge in [-0.1, -0.05) is 23.7 Å². The van der Waals surface area contributed by atoms with Crippen LogP contribution >= 0.6 is 11.6 Å². The molecule has 3 nitrogen and oxygen atoms in total. The molecule has 22 heavy (non-hydrogen) atoms. The van der Waals surface area contributed by atoms with Crippen LogP contribution in [-0.2, 0) is 4.79 Å². The van der Waals surface area contributed by atoms with E-state index in [1.807, 2.05) is 19.1 Å². The molecular formula is C16H15ClF2N2O. The fraction of sp³-hybridized carbons (Fsp3) is 0.188. The van der Waals surface area contributed by atoms with Crippen LogP contribution in [0.5, 0.6) is 0 Å². The molecule has 0 aliphatic heterocycles. The summed E-state index contributed by atoms with van der Waals surface area (Å²) in [4.78, 5) is 11.8. The molecule has 0 saturated carbocycles. The van der Waals surface area contributed by atoms with Crippen LogP contribution in [0.3, 0.4) is 0 Å². The Morgan fingerprint density at radius 2 is 1.73 bits per heavy atom. The molecule has 1 amide bonds. The smallest absolute Gasteiger partial charge is 0.239 e. The van der Waals surface area contributed by atoms with Gasteiger partial charge in [-0.3, -0.25) is 4.79 Å². The van der Waals surface area contributed by atoms with Crippen LogP contribution in [0.15, 0.2) is 42.5 Å².